The zero-order chi connectivity index (χ0) is 22.3. The fourth-order valence-corrected chi connectivity index (χ4v) is 9.75. The van der Waals surface area contributed by atoms with Crippen molar-refractivity contribution < 1.29 is 15.3 Å². The van der Waals surface area contributed by atoms with Crippen LogP contribution < -0.4 is 0 Å². The fraction of sp³-hybridized carbons (Fsp3) is 0.929. The van der Waals surface area contributed by atoms with Gasteiger partial charge < -0.3 is 15.3 Å². The molecule has 0 saturated heterocycles. The third-order valence-electron chi connectivity index (χ3n) is 11.8. The van der Waals surface area contributed by atoms with Crippen LogP contribution in [0.15, 0.2) is 12.2 Å². The Kier molecular flexibility index (Phi) is 5.28. The highest BCUT2D eigenvalue weighted by Crippen LogP contribution is 2.83. The van der Waals surface area contributed by atoms with E-state index in [4.69, 9.17) is 0 Å². The van der Waals surface area contributed by atoms with Crippen LogP contribution in [0.3, 0.4) is 0 Å². The van der Waals surface area contributed by atoms with E-state index in [0.29, 0.717) is 41.9 Å². The number of aliphatic hydroxyl groups is 3. The first kappa shape index (κ1) is 22.4. The molecular weight excluding hydrogens is 384 g/mol. The van der Waals surface area contributed by atoms with Gasteiger partial charge in [0.2, 0.25) is 0 Å². The number of fused-ring (bicyclic) bond motifs is 3. The molecule has 5 rings (SSSR count). The van der Waals surface area contributed by atoms with E-state index in [1.807, 2.05) is 0 Å². The van der Waals surface area contributed by atoms with E-state index in [1.54, 1.807) is 0 Å². The molecule has 5 saturated carbocycles. The van der Waals surface area contributed by atoms with E-state index in [-0.39, 0.29) is 28.3 Å². The van der Waals surface area contributed by atoms with Crippen LogP contribution in [-0.4, -0.2) is 33.6 Å². The maximum Gasteiger partial charge on any atom is 0.0864 e. The standard InChI is InChI=1S/C28H46O3/c1-16(2)17(3)6-7-18(4)20-8-9-21-23-22(11-12-26(20,21)5)27-13-10-19(29)14-28(27,15-27)25(31)24(23)30/h6-7,16-25,29-31H,8-15H2,1-5H3/b7-6+/t17-,18+,19-,20+,21-,22-,23-,24-,25+,26+,27-,28+/m0/s1. The second-order valence-corrected chi connectivity index (χ2v) is 13.2. The largest absolute Gasteiger partial charge is 0.393 e. The van der Waals surface area contributed by atoms with Crippen molar-refractivity contribution in [2.24, 2.45) is 57.7 Å². The lowest BCUT2D eigenvalue weighted by Gasteiger charge is -2.59. The van der Waals surface area contributed by atoms with Gasteiger partial charge in [0.1, 0.15) is 0 Å². The van der Waals surface area contributed by atoms with Gasteiger partial charge in [-0.3, -0.25) is 0 Å². The van der Waals surface area contributed by atoms with Crippen LogP contribution in [0.1, 0.15) is 86.0 Å². The van der Waals surface area contributed by atoms with E-state index in [2.05, 4.69) is 46.8 Å². The first-order valence-corrected chi connectivity index (χ1v) is 13.3. The average molecular weight is 431 g/mol. The summed E-state index contributed by atoms with van der Waals surface area (Å²) in [5.74, 6) is 3.85. The van der Waals surface area contributed by atoms with Gasteiger partial charge in [-0.25, -0.2) is 0 Å². The Bertz CT molecular complexity index is 732. The van der Waals surface area contributed by atoms with Crippen LogP contribution in [0.2, 0.25) is 0 Å². The Morgan fingerprint density at radius 2 is 1.58 bits per heavy atom. The molecule has 0 spiro atoms. The number of hydrogen-bond donors (Lipinski definition) is 3. The molecule has 0 aromatic heterocycles. The van der Waals surface area contributed by atoms with Crippen LogP contribution >= 0.6 is 0 Å². The molecule has 3 nitrogen and oxygen atoms in total. The Hall–Kier alpha value is -0.380. The van der Waals surface area contributed by atoms with Crippen molar-refractivity contribution in [1.29, 1.82) is 0 Å². The number of hydrogen-bond acceptors (Lipinski definition) is 3. The Labute approximate surface area is 189 Å². The molecule has 176 valence electrons. The molecular formula is C28H46O3. The van der Waals surface area contributed by atoms with Crippen molar-refractivity contribution in [3.63, 3.8) is 0 Å². The summed E-state index contributed by atoms with van der Waals surface area (Å²) in [4.78, 5) is 0. The molecule has 0 bridgehead atoms. The Morgan fingerprint density at radius 3 is 2.29 bits per heavy atom. The molecule has 0 unspecified atom stereocenters. The summed E-state index contributed by atoms with van der Waals surface area (Å²) in [6.45, 7) is 11.8. The molecule has 12 atom stereocenters. The van der Waals surface area contributed by atoms with Crippen molar-refractivity contribution in [3.8, 4) is 0 Å². The third-order valence-corrected chi connectivity index (χ3v) is 11.8. The number of aliphatic hydroxyl groups excluding tert-OH is 3. The summed E-state index contributed by atoms with van der Waals surface area (Å²) >= 11 is 0. The highest BCUT2D eigenvalue weighted by Gasteiger charge is 2.80. The van der Waals surface area contributed by atoms with Gasteiger partial charge in [0, 0.05) is 5.41 Å². The van der Waals surface area contributed by atoms with Gasteiger partial charge in [-0.1, -0.05) is 46.8 Å². The van der Waals surface area contributed by atoms with Crippen LogP contribution in [0.25, 0.3) is 0 Å². The highest BCUT2D eigenvalue weighted by atomic mass is 16.3. The molecule has 5 aliphatic carbocycles. The average Bonchev–Trinajstić information content (AvgIpc) is 3.29. The summed E-state index contributed by atoms with van der Waals surface area (Å²) in [5.41, 5.74) is 0.277. The summed E-state index contributed by atoms with van der Waals surface area (Å²) in [6, 6.07) is 0. The van der Waals surface area contributed by atoms with E-state index < -0.39 is 12.2 Å². The minimum absolute atomic E-state index is 0.194. The molecule has 31 heavy (non-hydrogen) atoms. The zero-order valence-corrected chi connectivity index (χ0v) is 20.4. The van der Waals surface area contributed by atoms with Gasteiger partial charge >= 0.3 is 0 Å². The van der Waals surface area contributed by atoms with Gasteiger partial charge in [0.15, 0.2) is 0 Å². The minimum atomic E-state index is -0.644. The van der Waals surface area contributed by atoms with Crippen LogP contribution in [0.4, 0.5) is 0 Å². The predicted octanol–water partition coefficient (Wildman–Crippen LogP) is 5.19. The molecule has 5 aliphatic rings. The molecule has 0 aliphatic heterocycles. The van der Waals surface area contributed by atoms with Gasteiger partial charge in [-0.05, 0) is 104 Å². The van der Waals surface area contributed by atoms with E-state index in [9.17, 15) is 15.3 Å². The lowest BCUT2D eigenvalue weighted by molar-refractivity contribution is -0.190. The fourth-order valence-electron chi connectivity index (χ4n) is 9.75. The first-order chi connectivity index (χ1) is 14.6. The summed E-state index contributed by atoms with van der Waals surface area (Å²) in [5, 5.41) is 33.1. The second-order valence-electron chi connectivity index (χ2n) is 13.2. The van der Waals surface area contributed by atoms with Gasteiger partial charge in [0.05, 0.1) is 18.3 Å². The SMILES string of the molecule is CC(C)[C@@H](C)/C=C/[C@@H](C)[C@H]1CC[C@H]2[C@@H]3[C@H](O)[C@@H](O)[C@]45C[C@@H](O)CC[C@]4(C5)[C@H]3CC[C@]12C. The summed E-state index contributed by atoms with van der Waals surface area (Å²) in [7, 11) is 0. The van der Waals surface area contributed by atoms with Crippen molar-refractivity contribution in [2.45, 2.75) is 104 Å². The smallest absolute Gasteiger partial charge is 0.0864 e. The molecule has 5 fully saturated rings. The van der Waals surface area contributed by atoms with Crippen LogP contribution in [-0.2, 0) is 0 Å². The summed E-state index contributed by atoms with van der Waals surface area (Å²) < 4.78 is 0. The molecule has 0 aromatic rings. The topological polar surface area (TPSA) is 60.7 Å². The number of rotatable bonds is 4. The quantitative estimate of drug-likeness (QED) is 0.538. The minimum Gasteiger partial charge on any atom is -0.393 e. The predicted molar refractivity (Wildman–Crippen MR) is 124 cm³/mol. The molecule has 0 amide bonds. The zero-order valence-electron chi connectivity index (χ0n) is 20.4. The van der Waals surface area contributed by atoms with Gasteiger partial charge in [0.25, 0.3) is 0 Å². The monoisotopic (exact) mass is 430 g/mol. The van der Waals surface area contributed by atoms with Gasteiger partial charge in [-0.15, -0.1) is 0 Å². The Morgan fingerprint density at radius 1 is 0.839 bits per heavy atom. The number of allylic oxidation sites excluding steroid dienone is 2. The maximum absolute atomic E-state index is 11.5. The highest BCUT2D eigenvalue weighted by molar-refractivity contribution is 5.29. The van der Waals surface area contributed by atoms with Crippen LogP contribution in [0, 0.1) is 57.7 Å². The van der Waals surface area contributed by atoms with E-state index >= 15 is 0 Å². The molecule has 0 radical (unpaired) electrons. The van der Waals surface area contributed by atoms with Crippen molar-refractivity contribution in [2.75, 3.05) is 0 Å². The summed E-state index contributed by atoms with van der Waals surface area (Å²) in [6.07, 6.45) is 12.0. The lowest BCUT2D eigenvalue weighted by atomic mass is 9.47. The van der Waals surface area contributed by atoms with Crippen molar-refractivity contribution in [3.05, 3.63) is 12.2 Å². The Balaban J connectivity index is 1.39. The van der Waals surface area contributed by atoms with E-state index in [1.165, 1.54) is 25.7 Å². The molecule has 0 aromatic carbocycles. The molecule has 0 heterocycles. The lowest BCUT2D eigenvalue weighted by Crippen LogP contribution is -2.60. The second kappa shape index (κ2) is 7.31. The molecule has 3 heteroatoms. The third kappa shape index (κ3) is 2.94. The van der Waals surface area contributed by atoms with Crippen molar-refractivity contribution in [1.82, 2.24) is 0 Å². The van der Waals surface area contributed by atoms with Crippen molar-refractivity contribution >= 4 is 0 Å². The van der Waals surface area contributed by atoms with Crippen LogP contribution in [0.5, 0.6) is 0 Å². The molecule has 3 N–H and O–H groups in total. The first-order valence-electron chi connectivity index (χ1n) is 13.3. The van der Waals surface area contributed by atoms with Gasteiger partial charge in [-0.2, -0.15) is 0 Å². The normalized spacial score (nSPS) is 55.3. The van der Waals surface area contributed by atoms with E-state index in [0.717, 1.165) is 19.3 Å². The maximum atomic E-state index is 11.5.